The Bertz CT molecular complexity index is 2480. The molecule has 7 aromatic carbocycles. The maximum absolute atomic E-state index is 2.47. The predicted molar refractivity (Wildman–Crippen MR) is 186 cm³/mol. The first kappa shape index (κ1) is 24.7. The fourth-order valence-electron chi connectivity index (χ4n) is 7.12. The lowest BCUT2D eigenvalue weighted by Gasteiger charge is -2.17. The van der Waals surface area contributed by atoms with Crippen molar-refractivity contribution < 1.29 is 0 Å². The van der Waals surface area contributed by atoms with E-state index < -0.39 is 0 Å². The minimum Gasteiger partial charge on any atom is -0.309 e. The zero-order valence-corrected chi connectivity index (χ0v) is 24.1. The highest BCUT2D eigenvalue weighted by molar-refractivity contribution is 6.29. The van der Waals surface area contributed by atoms with E-state index in [4.69, 9.17) is 0 Å². The first-order valence-corrected chi connectivity index (χ1v) is 15.1. The smallest absolute Gasteiger partial charge is 0.0549 e. The third-order valence-electron chi connectivity index (χ3n) is 8.93. The molecule has 0 radical (unpaired) electrons. The van der Waals surface area contributed by atoms with Crippen molar-refractivity contribution in [1.82, 2.24) is 9.13 Å². The first-order chi connectivity index (χ1) is 21.9. The molecular weight excluding hydrogens is 532 g/mol. The molecular formula is C42H28N2. The van der Waals surface area contributed by atoms with Crippen molar-refractivity contribution in [1.29, 1.82) is 0 Å². The van der Waals surface area contributed by atoms with Crippen molar-refractivity contribution >= 4 is 43.6 Å². The summed E-state index contributed by atoms with van der Waals surface area (Å²) in [6, 6.07) is 61.3. The van der Waals surface area contributed by atoms with Crippen molar-refractivity contribution in [3.63, 3.8) is 0 Å². The van der Waals surface area contributed by atoms with Gasteiger partial charge in [-0.05, 0) is 59.2 Å². The molecule has 9 rings (SSSR count). The lowest BCUT2D eigenvalue weighted by Crippen LogP contribution is -1.98. The van der Waals surface area contributed by atoms with Gasteiger partial charge < -0.3 is 9.13 Å². The monoisotopic (exact) mass is 560 g/mol. The Hall–Kier alpha value is -5.86. The molecule has 0 N–H and O–H groups in total. The van der Waals surface area contributed by atoms with Gasteiger partial charge in [-0.2, -0.15) is 0 Å². The van der Waals surface area contributed by atoms with Gasteiger partial charge >= 0.3 is 0 Å². The molecule has 0 saturated carbocycles. The average Bonchev–Trinajstić information content (AvgIpc) is 3.62. The van der Waals surface area contributed by atoms with Crippen LogP contribution in [0.1, 0.15) is 0 Å². The molecule has 2 aromatic heterocycles. The third kappa shape index (κ3) is 3.61. The molecule has 206 valence electrons. The Morgan fingerprint density at radius 1 is 0.295 bits per heavy atom. The molecule has 0 unspecified atom stereocenters. The summed E-state index contributed by atoms with van der Waals surface area (Å²) in [4.78, 5) is 0. The van der Waals surface area contributed by atoms with Crippen molar-refractivity contribution in [2.45, 2.75) is 0 Å². The van der Waals surface area contributed by atoms with Crippen LogP contribution in [-0.2, 0) is 0 Å². The molecule has 0 aliphatic rings. The SMILES string of the molecule is c1ccc(-c2ccccc2-c2ccccc2-n2c3ccccc3c3c4c5ccccc5n(-c5ccccc5)c4ccc32)cc1. The van der Waals surface area contributed by atoms with Gasteiger partial charge in [-0.3, -0.25) is 0 Å². The number of para-hydroxylation sites is 4. The first-order valence-electron chi connectivity index (χ1n) is 15.1. The number of rotatable bonds is 4. The van der Waals surface area contributed by atoms with Crippen LogP contribution in [0.4, 0.5) is 0 Å². The normalized spacial score (nSPS) is 11.6. The average molecular weight is 561 g/mol. The van der Waals surface area contributed by atoms with Crippen molar-refractivity contribution in [3.8, 4) is 33.6 Å². The lowest BCUT2D eigenvalue weighted by molar-refractivity contribution is 1.17. The van der Waals surface area contributed by atoms with Gasteiger partial charge in [0.2, 0.25) is 0 Å². The van der Waals surface area contributed by atoms with Crippen LogP contribution in [0.2, 0.25) is 0 Å². The Morgan fingerprint density at radius 3 is 1.45 bits per heavy atom. The van der Waals surface area contributed by atoms with E-state index in [9.17, 15) is 0 Å². The van der Waals surface area contributed by atoms with Gasteiger partial charge in [-0.15, -0.1) is 0 Å². The third-order valence-corrected chi connectivity index (χ3v) is 8.93. The van der Waals surface area contributed by atoms with Crippen LogP contribution < -0.4 is 0 Å². The molecule has 0 amide bonds. The van der Waals surface area contributed by atoms with Gasteiger partial charge in [0.05, 0.1) is 27.8 Å². The highest BCUT2D eigenvalue weighted by Gasteiger charge is 2.21. The van der Waals surface area contributed by atoms with Gasteiger partial charge in [0.1, 0.15) is 0 Å². The summed E-state index contributed by atoms with van der Waals surface area (Å²) in [5.74, 6) is 0. The number of nitrogens with zero attached hydrogens (tertiary/aromatic N) is 2. The van der Waals surface area contributed by atoms with E-state index in [-0.39, 0.29) is 0 Å². The van der Waals surface area contributed by atoms with Crippen LogP contribution in [0.15, 0.2) is 170 Å². The number of aromatic nitrogens is 2. The zero-order chi connectivity index (χ0) is 29.0. The predicted octanol–water partition coefficient (Wildman–Crippen LogP) is 11.2. The summed E-state index contributed by atoms with van der Waals surface area (Å²) in [5, 5.41) is 5.10. The van der Waals surface area contributed by atoms with Crippen LogP contribution in [0.3, 0.4) is 0 Å². The molecule has 44 heavy (non-hydrogen) atoms. The van der Waals surface area contributed by atoms with Crippen LogP contribution in [-0.4, -0.2) is 9.13 Å². The topological polar surface area (TPSA) is 9.86 Å². The minimum atomic E-state index is 1.17. The van der Waals surface area contributed by atoms with Crippen molar-refractivity contribution in [2.24, 2.45) is 0 Å². The zero-order valence-electron chi connectivity index (χ0n) is 24.1. The summed E-state index contributed by atoms with van der Waals surface area (Å²) in [5.41, 5.74) is 12.1. The molecule has 2 heteroatoms. The van der Waals surface area contributed by atoms with Crippen LogP contribution >= 0.6 is 0 Å². The molecule has 0 saturated heterocycles. The van der Waals surface area contributed by atoms with Gasteiger partial charge in [0.15, 0.2) is 0 Å². The maximum atomic E-state index is 2.47. The Labute approximate surface area is 255 Å². The maximum Gasteiger partial charge on any atom is 0.0549 e. The van der Waals surface area contributed by atoms with Crippen molar-refractivity contribution in [3.05, 3.63) is 170 Å². The van der Waals surface area contributed by atoms with E-state index >= 15 is 0 Å². The lowest BCUT2D eigenvalue weighted by atomic mass is 9.93. The molecule has 0 aliphatic heterocycles. The summed E-state index contributed by atoms with van der Waals surface area (Å²) in [6.07, 6.45) is 0. The second kappa shape index (κ2) is 9.86. The molecule has 0 bridgehead atoms. The standard InChI is InChI=1S/C42H28N2/c1-3-15-29(16-4-1)31-19-7-8-20-32(31)33-21-9-12-24-36(33)44-38-26-14-11-23-35(38)42-40(44)28-27-39-41(42)34-22-10-13-25-37(34)43(39)30-17-5-2-6-18-30/h1-28H. The largest absolute Gasteiger partial charge is 0.309 e. The van der Waals surface area contributed by atoms with E-state index in [1.165, 1.54) is 77.2 Å². The highest BCUT2D eigenvalue weighted by Crippen LogP contribution is 2.44. The Morgan fingerprint density at radius 2 is 0.773 bits per heavy atom. The van der Waals surface area contributed by atoms with Crippen LogP contribution in [0.5, 0.6) is 0 Å². The van der Waals surface area contributed by atoms with Gasteiger partial charge in [0.25, 0.3) is 0 Å². The summed E-state index contributed by atoms with van der Waals surface area (Å²) >= 11 is 0. The van der Waals surface area contributed by atoms with Gasteiger partial charge in [-0.1, -0.05) is 127 Å². The van der Waals surface area contributed by atoms with E-state index in [1.54, 1.807) is 0 Å². The van der Waals surface area contributed by atoms with E-state index in [0.29, 0.717) is 0 Å². The van der Waals surface area contributed by atoms with Crippen LogP contribution in [0.25, 0.3) is 77.2 Å². The molecule has 9 aromatic rings. The minimum absolute atomic E-state index is 1.17. The Kier molecular flexibility index (Phi) is 5.54. The highest BCUT2D eigenvalue weighted by atomic mass is 15.0. The second-order valence-electron chi connectivity index (χ2n) is 11.3. The van der Waals surface area contributed by atoms with E-state index in [1.807, 2.05) is 0 Å². The molecule has 0 atom stereocenters. The number of fused-ring (bicyclic) bond motifs is 7. The van der Waals surface area contributed by atoms with Crippen molar-refractivity contribution in [2.75, 3.05) is 0 Å². The number of hydrogen-bond acceptors (Lipinski definition) is 0. The Balaban J connectivity index is 1.40. The number of hydrogen-bond donors (Lipinski definition) is 0. The fraction of sp³-hybridized carbons (Fsp3) is 0. The molecule has 0 spiro atoms. The van der Waals surface area contributed by atoms with Crippen LogP contribution in [0, 0.1) is 0 Å². The van der Waals surface area contributed by atoms with E-state index in [0.717, 1.165) is 0 Å². The van der Waals surface area contributed by atoms with Gasteiger partial charge in [0, 0.05) is 32.8 Å². The van der Waals surface area contributed by atoms with E-state index in [2.05, 4.69) is 179 Å². The fourth-order valence-corrected chi connectivity index (χ4v) is 7.12. The summed E-state index contributed by atoms with van der Waals surface area (Å²) in [6.45, 7) is 0. The summed E-state index contributed by atoms with van der Waals surface area (Å²) in [7, 11) is 0. The number of benzene rings is 7. The summed E-state index contributed by atoms with van der Waals surface area (Å²) < 4.78 is 4.87. The molecule has 2 heterocycles. The van der Waals surface area contributed by atoms with Gasteiger partial charge in [-0.25, -0.2) is 0 Å². The molecule has 0 fully saturated rings. The quantitative estimate of drug-likeness (QED) is 0.203. The molecule has 2 nitrogen and oxygen atoms in total. The molecule has 0 aliphatic carbocycles. The second-order valence-corrected chi connectivity index (χ2v) is 11.3.